The van der Waals surface area contributed by atoms with Crippen LogP contribution in [0.2, 0.25) is 0 Å². The van der Waals surface area contributed by atoms with E-state index in [2.05, 4.69) is 5.10 Å². The van der Waals surface area contributed by atoms with Crippen LogP contribution in [0.3, 0.4) is 0 Å². The van der Waals surface area contributed by atoms with E-state index in [1.165, 1.54) is 4.68 Å². The normalized spacial score (nSPS) is 11.4. The van der Waals surface area contributed by atoms with Crippen LogP contribution < -0.4 is 0 Å². The minimum atomic E-state index is -1.48. The number of carbonyl (C=O) groups excluding carboxylic acids is 1. The smallest absolute Gasteiger partial charge is 0.378 e. The zero-order chi connectivity index (χ0) is 15.8. The molecule has 0 saturated carbocycles. The summed E-state index contributed by atoms with van der Waals surface area (Å²) in [6.07, 6.45) is 0. The summed E-state index contributed by atoms with van der Waals surface area (Å²) in [5.41, 5.74) is 2.21. The molecule has 2 rings (SSSR count). The van der Waals surface area contributed by atoms with Crippen molar-refractivity contribution in [1.29, 1.82) is 0 Å². The second-order valence-corrected chi connectivity index (χ2v) is 6.05. The SMILES string of the molecule is Cc1ccc(-n2nc(C(C)(C)C)cc2C(=O)C(=O)O)cc1. The van der Waals surface area contributed by atoms with Gasteiger partial charge in [-0.1, -0.05) is 38.5 Å². The first-order valence-corrected chi connectivity index (χ1v) is 6.65. The summed E-state index contributed by atoms with van der Waals surface area (Å²) in [6, 6.07) is 8.96. The molecule has 0 saturated heterocycles. The molecule has 5 nitrogen and oxygen atoms in total. The highest BCUT2D eigenvalue weighted by atomic mass is 16.4. The largest absolute Gasteiger partial charge is 0.475 e. The van der Waals surface area contributed by atoms with Crippen LogP contribution in [0.15, 0.2) is 30.3 Å². The number of aliphatic carboxylic acids is 1. The number of carbonyl (C=O) groups is 2. The Hall–Kier alpha value is -2.43. The molecule has 0 aliphatic carbocycles. The van der Waals surface area contributed by atoms with Crippen molar-refractivity contribution < 1.29 is 14.7 Å². The molecule has 0 atom stereocenters. The lowest BCUT2D eigenvalue weighted by atomic mass is 9.92. The molecule has 0 aliphatic rings. The first kappa shape index (κ1) is 15.0. The topological polar surface area (TPSA) is 72.2 Å². The third kappa shape index (κ3) is 3.02. The number of benzene rings is 1. The summed E-state index contributed by atoms with van der Waals surface area (Å²) in [7, 11) is 0. The van der Waals surface area contributed by atoms with Gasteiger partial charge in [0.15, 0.2) is 0 Å². The lowest BCUT2D eigenvalue weighted by Crippen LogP contribution is -2.17. The molecule has 0 amide bonds. The fourth-order valence-electron chi connectivity index (χ4n) is 1.90. The van der Waals surface area contributed by atoms with Crippen molar-refractivity contribution in [2.24, 2.45) is 0 Å². The molecule has 0 bridgehead atoms. The standard InChI is InChI=1S/C16H18N2O3/c1-10-5-7-11(8-6-10)18-12(14(19)15(20)21)9-13(17-18)16(2,3)4/h5-9H,1-4H3,(H,20,21). The third-order valence-electron chi connectivity index (χ3n) is 3.18. The maximum atomic E-state index is 11.9. The Bertz CT molecular complexity index is 691. The maximum Gasteiger partial charge on any atom is 0.378 e. The summed E-state index contributed by atoms with van der Waals surface area (Å²) in [4.78, 5) is 22.9. The van der Waals surface area contributed by atoms with Gasteiger partial charge < -0.3 is 5.11 Å². The van der Waals surface area contributed by atoms with Crippen molar-refractivity contribution in [2.75, 3.05) is 0 Å². The van der Waals surface area contributed by atoms with E-state index in [-0.39, 0.29) is 11.1 Å². The fraction of sp³-hybridized carbons (Fsp3) is 0.312. The van der Waals surface area contributed by atoms with Gasteiger partial charge in [0.1, 0.15) is 5.69 Å². The number of hydrogen-bond donors (Lipinski definition) is 1. The second-order valence-electron chi connectivity index (χ2n) is 6.05. The molecule has 110 valence electrons. The summed E-state index contributed by atoms with van der Waals surface area (Å²) < 4.78 is 1.40. The Morgan fingerprint density at radius 2 is 1.71 bits per heavy atom. The van der Waals surface area contributed by atoms with Gasteiger partial charge in [0.05, 0.1) is 11.4 Å². The molecule has 1 N–H and O–H groups in total. The molecule has 0 aliphatic heterocycles. The monoisotopic (exact) mass is 286 g/mol. The number of Topliss-reactive ketones (excluding diaryl/α,β-unsaturated/α-hetero) is 1. The van der Waals surface area contributed by atoms with E-state index in [9.17, 15) is 9.59 Å². The third-order valence-corrected chi connectivity index (χ3v) is 3.18. The molecule has 0 fully saturated rings. The molecule has 1 heterocycles. The molecule has 2 aromatic rings. The minimum Gasteiger partial charge on any atom is -0.475 e. The predicted molar refractivity (Wildman–Crippen MR) is 79.0 cm³/mol. The number of aryl methyl sites for hydroxylation is 1. The van der Waals surface area contributed by atoms with E-state index >= 15 is 0 Å². The predicted octanol–water partition coefficient (Wildman–Crippen LogP) is 2.75. The molecular formula is C16H18N2O3. The number of rotatable bonds is 3. The summed E-state index contributed by atoms with van der Waals surface area (Å²) in [6.45, 7) is 7.84. The van der Waals surface area contributed by atoms with Crippen LogP contribution in [0.5, 0.6) is 0 Å². The number of carboxylic acid groups (broad SMARTS) is 1. The average Bonchev–Trinajstić information content (AvgIpc) is 2.83. The van der Waals surface area contributed by atoms with Crippen LogP contribution in [-0.4, -0.2) is 26.6 Å². The summed E-state index contributed by atoms with van der Waals surface area (Å²) in [5, 5.41) is 13.4. The van der Waals surface area contributed by atoms with Crippen LogP contribution in [-0.2, 0) is 10.2 Å². The van der Waals surface area contributed by atoms with Crippen LogP contribution >= 0.6 is 0 Å². The lowest BCUT2D eigenvalue weighted by molar-refractivity contribution is -0.131. The quantitative estimate of drug-likeness (QED) is 0.695. The zero-order valence-electron chi connectivity index (χ0n) is 12.5. The van der Waals surface area contributed by atoms with Gasteiger partial charge in [-0.2, -0.15) is 5.10 Å². The van der Waals surface area contributed by atoms with Crippen molar-refractivity contribution in [3.05, 3.63) is 47.3 Å². The number of nitrogens with zero attached hydrogens (tertiary/aromatic N) is 2. The van der Waals surface area contributed by atoms with E-state index in [1.807, 2.05) is 52.0 Å². The highest BCUT2D eigenvalue weighted by molar-refractivity contribution is 6.39. The number of ketones is 1. The van der Waals surface area contributed by atoms with Gasteiger partial charge in [0.2, 0.25) is 0 Å². The van der Waals surface area contributed by atoms with Crippen molar-refractivity contribution in [3.8, 4) is 5.69 Å². The number of carboxylic acids is 1. The molecule has 1 aromatic carbocycles. The van der Waals surface area contributed by atoms with Crippen molar-refractivity contribution in [1.82, 2.24) is 9.78 Å². The molecule has 0 radical (unpaired) electrons. The fourth-order valence-corrected chi connectivity index (χ4v) is 1.90. The number of hydrogen-bond acceptors (Lipinski definition) is 3. The first-order chi connectivity index (χ1) is 9.70. The highest BCUT2D eigenvalue weighted by Gasteiger charge is 2.26. The first-order valence-electron chi connectivity index (χ1n) is 6.65. The zero-order valence-corrected chi connectivity index (χ0v) is 12.5. The van der Waals surface area contributed by atoms with E-state index in [4.69, 9.17) is 5.11 Å². The van der Waals surface area contributed by atoms with Gasteiger partial charge in [-0.05, 0) is 25.1 Å². The lowest BCUT2D eigenvalue weighted by Gasteiger charge is -2.14. The molecular weight excluding hydrogens is 268 g/mol. The molecule has 1 aromatic heterocycles. The molecule has 0 spiro atoms. The Morgan fingerprint density at radius 3 is 2.19 bits per heavy atom. The van der Waals surface area contributed by atoms with Gasteiger partial charge in [-0.25, -0.2) is 9.48 Å². The second kappa shape index (κ2) is 5.16. The minimum absolute atomic E-state index is 0.0660. The van der Waals surface area contributed by atoms with E-state index in [0.29, 0.717) is 11.4 Å². The van der Waals surface area contributed by atoms with Crippen LogP contribution in [0.25, 0.3) is 5.69 Å². The highest BCUT2D eigenvalue weighted by Crippen LogP contribution is 2.24. The Labute approximate surface area is 123 Å². The van der Waals surface area contributed by atoms with Gasteiger partial charge in [-0.15, -0.1) is 0 Å². The Morgan fingerprint density at radius 1 is 1.14 bits per heavy atom. The van der Waals surface area contributed by atoms with Crippen LogP contribution in [0, 0.1) is 6.92 Å². The van der Waals surface area contributed by atoms with Gasteiger partial charge in [0.25, 0.3) is 5.78 Å². The van der Waals surface area contributed by atoms with Crippen molar-refractivity contribution in [2.45, 2.75) is 33.1 Å². The van der Waals surface area contributed by atoms with E-state index in [0.717, 1.165) is 5.56 Å². The molecule has 5 heteroatoms. The Balaban J connectivity index is 2.62. The van der Waals surface area contributed by atoms with E-state index in [1.54, 1.807) is 6.07 Å². The van der Waals surface area contributed by atoms with Gasteiger partial charge >= 0.3 is 5.97 Å². The van der Waals surface area contributed by atoms with Crippen molar-refractivity contribution in [3.63, 3.8) is 0 Å². The average molecular weight is 286 g/mol. The summed E-state index contributed by atoms with van der Waals surface area (Å²) in [5.74, 6) is -2.44. The maximum absolute atomic E-state index is 11.9. The van der Waals surface area contributed by atoms with Gasteiger partial charge in [0, 0.05) is 5.41 Å². The van der Waals surface area contributed by atoms with Gasteiger partial charge in [-0.3, -0.25) is 4.79 Å². The molecule has 0 unspecified atom stereocenters. The van der Waals surface area contributed by atoms with Crippen LogP contribution in [0.4, 0.5) is 0 Å². The Kier molecular flexibility index (Phi) is 3.68. The van der Waals surface area contributed by atoms with Crippen molar-refractivity contribution >= 4 is 11.8 Å². The van der Waals surface area contributed by atoms with Crippen LogP contribution in [0.1, 0.15) is 42.5 Å². The summed E-state index contributed by atoms with van der Waals surface area (Å²) >= 11 is 0. The number of aromatic nitrogens is 2. The van der Waals surface area contributed by atoms with E-state index < -0.39 is 11.8 Å². The molecule has 21 heavy (non-hydrogen) atoms.